The van der Waals surface area contributed by atoms with E-state index < -0.39 is 0 Å². The Kier molecular flexibility index (Phi) is 5.42. The van der Waals surface area contributed by atoms with Crippen LogP contribution in [0.15, 0.2) is 48.1 Å². The third kappa shape index (κ3) is 3.58. The van der Waals surface area contributed by atoms with Crippen molar-refractivity contribution in [1.82, 2.24) is 20.1 Å². The van der Waals surface area contributed by atoms with Crippen LogP contribution in [0.4, 0.5) is 0 Å². The molecule has 30 heavy (non-hydrogen) atoms. The fraction of sp³-hybridized carbons (Fsp3) is 0.458. The van der Waals surface area contributed by atoms with E-state index in [1.807, 2.05) is 24.5 Å². The zero-order valence-electron chi connectivity index (χ0n) is 17.2. The quantitative estimate of drug-likeness (QED) is 0.592. The standard InChI is InChI=1S/C24H28N4OS/c29-23(24(11-3-4-12-24)22-8-5-15-30-22)26-17-19-16-21(18-9-13-25-14-10-18)28(27-19)20-6-1-2-7-20/h5,8-10,13-16,20H,1-4,6-7,11-12,17H2,(H,26,29). The molecule has 0 radical (unpaired) electrons. The highest BCUT2D eigenvalue weighted by Crippen LogP contribution is 2.43. The number of hydrogen-bond donors (Lipinski definition) is 1. The molecule has 3 aromatic rings. The third-order valence-electron chi connectivity index (χ3n) is 6.75. The molecule has 1 N–H and O–H groups in total. The van der Waals surface area contributed by atoms with Crippen molar-refractivity contribution in [3.8, 4) is 11.3 Å². The van der Waals surface area contributed by atoms with Gasteiger partial charge in [-0.25, -0.2) is 0 Å². The molecular weight excluding hydrogens is 392 g/mol. The number of hydrogen-bond acceptors (Lipinski definition) is 4. The number of carbonyl (C=O) groups excluding carboxylic acids is 1. The van der Waals surface area contributed by atoms with Gasteiger partial charge >= 0.3 is 0 Å². The first-order chi connectivity index (χ1) is 14.8. The van der Waals surface area contributed by atoms with Crippen LogP contribution in [0.25, 0.3) is 11.3 Å². The molecule has 2 saturated carbocycles. The van der Waals surface area contributed by atoms with Gasteiger partial charge in [0.25, 0.3) is 0 Å². The van der Waals surface area contributed by atoms with Gasteiger partial charge in [0.15, 0.2) is 0 Å². The van der Waals surface area contributed by atoms with E-state index in [0.29, 0.717) is 12.6 Å². The van der Waals surface area contributed by atoms with Gasteiger partial charge in [0.1, 0.15) is 0 Å². The van der Waals surface area contributed by atoms with Gasteiger partial charge < -0.3 is 5.32 Å². The first-order valence-electron chi connectivity index (χ1n) is 11.1. The van der Waals surface area contributed by atoms with Crippen LogP contribution in [0.3, 0.4) is 0 Å². The Hall–Kier alpha value is -2.47. The van der Waals surface area contributed by atoms with Crippen LogP contribution in [-0.2, 0) is 16.8 Å². The Bertz CT molecular complexity index is 984. The van der Waals surface area contributed by atoms with E-state index in [4.69, 9.17) is 5.10 Å². The molecule has 2 aliphatic carbocycles. The van der Waals surface area contributed by atoms with Gasteiger partial charge in [-0.15, -0.1) is 11.3 Å². The molecule has 0 aliphatic heterocycles. The number of nitrogens with one attached hydrogen (secondary N) is 1. The topological polar surface area (TPSA) is 59.8 Å². The first kappa shape index (κ1) is 19.5. The number of thiophene rings is 1. The molecule has 5 nitrogen and oxygen atoms in total. The summed E-state index contributed by atoms with van der Waals surface area (Å²) in [5, 5.41) is 10.2. The Morgan fingerprint density at radius 1 is 1.13 bits per heavy atom. The summed E-state index contributed by atoms with van der Waals surface area (Å²) in [5.41, 5.74) is 2.84. The lowest BCUT2D eigenvalue weighted by molar-refractivity contribution is -0.126. The van der Waals surface area contributed by atoms with Gasteiger partial charge in [-0.1, -0.05) is 31.7 Å². The van der Waals surface area contributed by atoms with Gasteiger partial charge in [-0.2, -0.15) is 5.10 Å². The molecule has 0 spiro atoms. The lowest BCUT2D eigenvalue weighted by Crippen LogP contribution is -2.41. The SMILES string of the molecule is O=C(NCc1cc(-c2ccncc2)n(C2CCCC2)n1)C1(c2cccs2)CCCC1. The zero-order chi connectivity index (χ0) is 20.4. The number of carbonyl (C=O) groups is 1. The summed E-state index contributed by atoms with van der Waals surface area (Å²) in [7, 11) is 0. The van der Waals surface area contributed by atoms with Crippen molar-refractivity contribution in [2.45, 2.75) is 69.4 Å². The first-order valence-corrected chi connectivity index (χ1v) is 12.0. The van der Waals surface area contributed by atoms with Crippen LogP contribution in [-0.4, -0.2) is 20.7 Å². The van der Waals surface area contributed by atoms with Crippen molar-refractivity contribution in [2.75, 3.05) is 0 Å². The third-order valence-corrected chi connectivity index (χ3v) is 7.82. The molecule has 156 valence electrons. The summed E-state index contributed by atoms with van der Waals surface area (Å²) in [6.45, 7) is 0.476. The molecular formula is C24H28N4OS. The maximum absolute atomic E-state index is 13.3. The highest BCUT2D eigenvalue weighted by molar-refractivity contribution is 7.10. The number of aromatic nitrogens is 3. The van der Waals surface area contributed by atoms with Crippen molar-refractivity contribution < 1.29 is 4.79 Å². The summed E-state index contributed by atoms with van der Waals surface area (Å²) >= 11 is 1.70. The second-order valence-electron chi connectivity index (χ2n) is 8.59. The number of nitrogens with zero attached hydrogens (tertiary/aromatic N) is 3. The summed E-state index contributed by atoms with van der Waals surface area (Å²) in [6, 6.07) is 10.8. The molecule has 0 bridgehead atoms. The average Bonchev–Trinajstić information content (AvgIpc) is 3.58. The van der Waals surface area contributed by atoms with Gasteiger partial charge in [0, 0.05) is 22.8 Å². The van der Waals surface area contributed by atoms with Crippen LogP contribution in [0.2, 0.25) is 0 Å². The van der Waals surface area contributed by atoms with E-state index in [1.54, 1.807) is 11.3 Å². The Labute approximate surface area is 181 Å². The lowest BCUT2D eigenvalue weighted by atomic mass is 9.83. The molecule has 1 amide bonds. The second kappa shape index (κ2) is 8.34. The Morgan fingerprint density at radius 2 is 1.90 bits per heavy atom. The van der Waals surface area contributed by atoms with Crippen molar-refractivity contribution in [3.05, 3.63) is 58.7 Å². The minimum atomic E-state index is -0.351. The van der Waals surface area contributed by atoms with E-state index >= 15 is 0 Å². The van der Waals surface area contributed by atoms with Crippen LogP contribution >= 0.6 is 11.3 Å². The molecule has 2 aliphatic rings. The maximum atomic E-state index is 13.3. The van der Waals surface area contributed by atoms with Gasteiger partial charge in [0.05, 0.1) is 29.4 Å². The molecule has 0 aromatic carbocycles. The van der Waals surface area contributed by atoms with Crippen LogP contribution in [0.5, 0.6) is 0 Å². The summed E-state index contributed by atoms with van der Waals surface area (Å²) in [6.07, 6.45) is 12.6. The smallest absolute Gasteiger partial charge is 0.231 e. The van der Waals surface area contributed by atoms with Gasteiger partial charge in [-0.3, -0.25) is 14.5 Å². The minimum Gasteiger partial charge on any atom is -0.350 e. The summed E-state index contributed by atoms with van der Waals surface area (Å²) in [4.78, 5) is 18.7. The van der Waals surface area contributed by atoms with E-state index in [9.17, 15) is 4.79 Å². The fourth-order valence-electron chi connectivity index (χ4n) is 5.15. The minimum absolute atomic E-state index is 0.156. The van der Waals surface area contributed by atoms with Crippen molar-refractivity contribution in [2.24, 2.45) is 0 Å². The van der Waals surface area contributed by atoms with Gasteiger partial charge in [-0.05, 0) is 55.3 Å². The lowest BCUT2D eigenvalue weighted by Gasteiger charge is -2.26. The predicted molar refractivity (Wildman–Crippen MR) is 119 cm³/mol. The molecule has 2 fully saturated rings. The molecule has 0 atom stereocenters. The Balaban J connectivity index is 1.38. The molecule has 5 rings (SSSR count). The van der Waals surface area contributed by atoms with E-state index in [-0.39, 0.29) is 11.3 Å². The molecule has 3 heterocycles. The average molecular weight is 421 g/mol. The zero-order valence-corrected chi connectivity index (χ0v) is 18.0. The summed E-state index contributed by atoms with van der Waals surface area (Å²) < 4.78 is 2.19. The normalized spacial score (nSPS) is 18.7. The highest BCUT2D eigenvalue weighted by atomic mass is 32.1. The molecule has 0 unspecified atom stereocenters. The summed E-state index contributed by atoms with van der Waals surface area (Å²) in [5.74, 6) is 0.156. The van der Waals surface area contributed by atoms with Crippen molar-refractivity contribution in [3.63, 3.8) is 0 Å². The van der Waals surface area contributed by atoms with Crippen LogP contribution in [0.1, 0.15) is 68.0 Å². The highest BCUT2D eigenvalue weighted by Gasteiger charge is 2.43. The van der Waals surface area contributed by atoms with Gasteiger partial charge in [0.2, 0.25) is 5.91 Å². The van der Waals surface area contributed by atoms with E-state index in [1.165, 1.54) is 30.6 Å². The number of rotatable bonds is 6. The van der Waals surface area contributed by atoms with Crippen LogP contribution in [0, 0.1) is 0 Å². The van der Waals surface area contributed by atoms with Crippen molar-refractivity contribution in [1.29, 1.82) is 0 Å². The Morgan fingerprint density at radius 3 is 2.60 bits per heavy atom. The van der Waals surface area contributed by atoms with Crippen molar-refractivity contribution >= 4 is 17.2 Å². The molecule has 6 heteroatoms. The second-order valence-corrected chi connectivity index (χ2v) is 9.54. The number of pyridine rings is 1. The fourth-order valence-corrected chi connectivity index (χ4v) is 6.14. The maximum Gasteiger partial charge on any atom is 0.231 e. The van der Waals surface area contributed by atoms with E-state index in [2.05, 4.69) is 38.6 Å². The monoisotopic (exact) mass is 420 g/mol. The van der Waals surface area contributed by atoms with E-state index in [0.717, 1.165) is 42.6 Å². The number of amides is 1. The predicted octanol–water partition coefficient (Wildman–Crippen LogP) is 5.25. The van der Waals surface area contributed by atoms with Crippen LogP contribution < -0.4 is 5.32 Å². The molecule has 3 aromatic heterocycles. The molecule has 0 saturated heterocycles. The largest absolute Gasteiger partial charge is 0.350 e.